The zero-order chi connectivity index (χ0) is 21.6. The van der Waals surface area contributed by atoms with Crippen molar-refractivity contribution in [1.82, 2.24) is 10.9 Å². The van der Waals surface area contributed by atoms with Crippen LogP contribution in [0.5, 0.6) is 0 Å². The van der Waals surface area contributed by atoms with E-state index < -0.39 is 0 Å². The molecule has 0 atom stereocenters. The minimum Gasteiger partial charge on any atom is -0.468 e. The van der Waals surface area contributed by atoms with Gasteiger partial charge in [0.25, 0.3) is 0 Å². The van der Waals surface area contributed by atoms with Crippen LogP contribution >= 0.6 is 0 Å². The number of aryl methyl sites for hydroxylation is 1. The molecule has 0 aliphatic carbocycles. The quantitative estimate of drug-likeness (QED) is 0.565. The summed E-state index contributed by atoms with van der Waals surface area (Å²) in [4.78, 5) is 16.8. The molecule has 158 valence electrons. The van der Waals surface area contributed by atoms with Crippen molar-refractivity contribution < 1.29 is 14.4 Å². The third-order valence-corrected chi connectivity index (χ3v) is 5.10. The van der Waals surface area contributed by atoms with Crippen molar-refractivity contribution in [2.45, 2.75) is 13.5 Å². The number of ether oxygens (including phenoxy) is 1. The lowest BCUT2D eigenvalue weighted by Gasteiger charge is -2.14. The molecule has 2 N–H and O–H groups in total. The first-order chi connectivity index (χ1) is 15.1. The first-order valence-electron chi connectivity index (χ1n) is 10.1. The van der Waals surface area contributed by atoms with E-state index in [1.807, 2.05) is 35.5 Å². The Kier molecular flexibility index (Phi) is 6.31. The van der Waals surface area contributed by atoms with E-state index in [9.17, 15) is 4.79 Å². The molecule has 4 rings (SSSR count). The fourth-order valence-corrected chi connectivity index (χ4v) is 3.26. The predicted octanol–water partition coefficient (Wildman–Crippen LogP) is 4.18. The Balaban J connectivity index is 1.39. The molecule has 0 radical (unpaired) electrons. The maximum Gasteiger partial charge on any atom is 0.319 e. The highest BCUT2D eigenvalue weighted by atomic mass is 16.7. The van der Waals surface area contributed by atoms with Gasteiger partial charge in [-0.3, -0.25) is 4.79 Å². The van der Waals surface area contributed by atoms with Gasteiger partial charge >= 0.3 is 5.97 Å². The number of nitrogens with zero attached hydrogens (tertiary/aromatic N) is 1. The smallest absolute Gasteiger partial charge is 0.319 e. The number of hydrogen-bond donors (Lipinski definition) is 2. The molecule has 0 saturated carbocycles. The molecule has 0 bridgehead atoms. The first kappa shape index (κ1) is 20.7. The normalized spacial score (nSPS) is 13.0. The number of esters is 1. The van der Waals surface area contributed by atoms with Crippen LogP contribution in [0, 0.1) is 6.92 Å². The molecule has 1 aliphatic rings. The van der Waals surface area contributed by atoms with E-state index in [4.69, 9.17) is 4.84 Å². The fourth-order valence-electron chi connectivity index (χ4n) is 3.26. The third-order valence-electron chi connectivity index (χ3n) is 5.10. The Morgan fingerprint density at radius 2 is 1.55 bits per heavy atom. The zero-order valence-electron chi connectivity index (χ0n) is 17.6. The molecular weight excluding hydrogens is 390 g/mol. The first-order valence-corrected chi connectivity index (χ1v) is 10.1. The van der Waals surface area contributed by atoms with E-state index in [0.29, 0.717) is 6.54 Å². The van der Waals surface area contributed by atoms with Gasteiger partial charge in [0.2, 0.25) is 0 Å². The minimum absolute atomic E-state index is 0.189. The second-order valence-electron chi connectivity index (χ2n) is 7.35. The maximum atomic E-state index is 11.2. The molecule has 3 aromatic carbocycles. The van der Waals surface area contributed by atoms with Gasteiger partial charge in [0.05, 0.1) is 25.5 Å². The number of hydrazine groups is 1. The number of nitrogens with one attached hydrogen (secondary N) is 2. The lowest BCUT2D eigenvalue weighted by Crippen LogP contribution is -2.27. The summed E-state index contributed by atoms with van der Waals surface area (Å²) in [6.07, 6.45) is 1.92. The van der Waals surface area contributed by atoms with Crippen LogP contribution in [-0.4, -0.2) is 19.6 Å². The van der Waals surface area contributed by atoms with Gasteiger partial charge in [-0.25, -0.2) is 5.01 Å². The topological polar surface area (TPSA) is 62.8 Å². The van der Waals surface area contributed by atoms with Crippen LogP contribution in [0.25, 0.3) is 16.9 Å². The predicted molar refractivity (Wildman–Crippen MR) is 121 cm³/mol. The van der Waals surface area contributed by atoms with Crippen LogP contribution < -0.4 is 15.9 Å². The summed E-state index contributed by atoms with van der Waals surface area (Å²) in [5, 5.41) is 4.88. The van der Waals surface area contributed by atoms with Gasteiger partial charge in [0.1, 0.15) is 0 Å². The van der Waals surface area contributed by atoms with Crippen molar-refractivity contribution in [3.05, 3.63) is 95.7 Å². The SMILES string of the molecule is COC(=O)CNCc1ccc(N2C=C(c3ccc(-c4ccc(C)cc4)cc3)ON2)cc1. The van der Waals surface area contributed by atoms with Crippen LogP contribution in [-0.2, 0) is 20.9 Å². The lowest BCUT2D eigenvalue weighted by molar-refractivity contribution is -0.139. The lowest BCUT2D eigenvalue weighted by atomic mass is 10.0. The van der Waals surface area contributed by atoms with Crippen LogP contribution in [0.3, 0.4) is 0 Å². The summed E-state index contributed by atoms with van der Waals surface area (Å²) in [6, 6.07) is 24.8. The molecule has 0 amide bonds. The maximum absolute atomic E-state index is 11.2. The molecule has 0 fully saturated rings. The summed E-state index contributed by atoms with van der Waals surface area (Å²) in [5.41, 5.74) is 9.55. The van der Waals surface area contributed by atoms with Gasteiger partial charge in [-0.15, -0.1) is 0 Å². The van der Waals surface area contributed by atoms with Gasteiger partial charge in [0.15, 0.2) is 5.76 Å². The molecule has 0 aromatic heterocycles. The Bertz CT molecular complexity index is 1060. The molecule has 1 heterocycles. The number of rotatable bonds is 7. The Hall–Kier alpha value is -3.61. The molecule has 0 unspecified atom stereocenters. The summed E-state index contributed by atoms with van der Waals surface area (Å²) < 4.78 is 4.62. The number of carbonyl (C=O) groups excluding carboxylic acids is 1. The number of benzene rings is 3. The van der Waals surface area contributed by atoms with E-state index in [1.165, 1.54) is 23.8 Å². The Labute approximate surface area is 182 Å². The van der Waals surface area contributed by atoms with Crippen molar-refractivity contribution >= 4 is 17.4 Å². The summed E-state index contributed by atoms with van der Waals surface area (Å²) >= 11 is 0. The summed E-state index contributed by atoms with van der Waals surface area (Å²) in [7, 11) is 1.38. The fraction of sp³-hybridized carbons (Fsp3) is 0.160. The average molecular weight is 415 g/mol. The third kappa shape index (κ3) is 5.12. The van der Waals surface area contributed by atoms with Gasteiger partial charge in [-0.1, -0.05) is 71.8 Å². The molecule has 1 aliphatic heterocycles. The van der Waals surface area contributed by atoms with Gasteiger partial charge in [-0.05, 0) is 35.7 Å². The Morgan fingerprint density at radius 3 is 2.19 bits per heavy atom. The highest BCUT2D eigenvalue weighted by molar-refractivity contribution is 5.71. The number of hydrogen-bond acceptors (Lipinski definition) is 6. The standard InChI is InChI=1S/C25H25N3O3/c1-18-3-7-20(8-4-18)21-9-11-22(12-10-21)24-17-28(27-31-24)23-13-5-19(6-14-23)15-26-16-25(29)30-2/h3-14,17,26-27H,15-16H2,1-2H3. The van der Waals surface area contributed by atoms with E-state index in [2.05, 4.69) is 71.1 Å². The largest absolute Gasteiger partial charge is 0.468 e. The highest BCUT2D eigenvalue weighted by Gasteiger charge is 2.17. The zero-order valence-corrected chi connectivity index (χ0v) is 17.6. The summed E-state index contributed by atoms with van der Waals surface area (Å²) in [5.74, 6) is 0.471. The molecule has 31 heavy (non-hydrogen) atoms. The van der Waals surface area contributed by atoms with E-state index in [0.717, 1.165) is 22.6 Å². The van der Waals surface area contributed by atoms with E-state index in [1.54, 1.807) is 0 Å². The van der Waals surface area contributed by atoms with Crippen molar-refractivity contribution in [1.29, 1.82) is 0 Å². The molecule has 0 saturated heterocycles. The van der Waals surface area contributed by atoms with Gasteiger partial charge in [0, 0.05) is 12.1 Å². The molecule has 6 heteroatoms. The van der Waals surface area contributed by atoms with Crippen LogP contribution in [0.4, 0.5) is 5.69 Å². The van der Waals surface area contributed by atoms with Crippen molar-refractivity contribution in [2.24, 2.45) is 0 Å². The highest BCUT2D eigenvalue weighted by Crippen LogP contribution is 2.27. The molecule has 0 spiro atoms. The van der Waals surface area contributed by atoms with Gasteiger partial charge < -0.3 is 14.9 Å². The summed E-state index contributed by atoms with van der Waals surface area (Å²) in [6.45, 7) is 2.87. The number of anilines is 1. The van der Waals surface area contributed by atoms with Crippen molar-refractivity contribution in [2.75, 3.05) is 18.7 Å². The van der Waals surface area contributed by atoms with Gasteiger partial charge in [-0.2, -0.15) is 0 Å². The van der Waals surface area contributed by atoms with Crippen LogP contribution in [0.1, 0.15) is 16.7 Å². The van der Waals surface area contributed by atoms with Crippen molar-refractivity contribution in [3.63, 3.8) is 0 Å². The monoisotopic (exact) mass is 415 g/mol. The Morgan fingerprint density at radius 1 is 0.935 bits per heavy atom. The van der Waals surface area contributed by atoms with Crippen LogP contribution in [0.2, 0.25) is 0 Å². The molecular formula is C25H25N3O3. The second-order valence-corrected chi connectivity index (χ2v) is 7.35. The minimum atomic E-state index is -0.278. The number of carbonyl (C=O) groups is 1. The molecule has 6 nitrogen and oxygen atoms in total. The molecule has 3 aromatic rings. The van der Waals surface area contributed by atoms with Crippen molar-refractivity contribution in [3.8, 4) is 11.1 Å². The van der Waals surface area contributed by atoms with E-state index >= 15 is 0 Å². The number of methoxy groups -OCH3 is 1. The van der Waals surface area contributed by atoms with E-state index in [-0.39, 0.29) is 12.5 Å². The second kappa shape index (κ2) is 9.47. The van der Waals surface area contributed by atoms with Crippen LogP contribution in [0.15, 0.2) is 79.0 Å². The average Bonchev–Trinajstić information content (AvgIpc) is 3.30.